The van der Waals surface area contributed by atoms with E-state index in [2.05, 4.69) is 25.9 Å². The maximum atomic E-state index is 14.8. The minimum absolute atomic E-state index is 0.0259. The molecule has 0 radical (unpaired) electrons. The van der Waals surface area contributed by atoms with E-state index in [1.165, 1.54) is 22.0 Å². The van der Waals surface area contributed by atoms with Crippen molar-refractivity contribution < 1.29 is 37.5 Å². The minimum atomic E-state index is -3.53. The summed E-state index contributed by atoms with van der Waals surface area (Å²) in [5, 5.41) is 25.4. The van der Waals surface area contributed by atoms with Crippen LogP contribution in [0.1, 0.15) is 93.7 Å². The molecule has 1 saturated carbocycles. The molecule has 2 aliphatic heterocycles. The summed E-state index contributed by atoms with van der Waals surface area (Å²) in [4.78, 5) is 74.1. The van der Waals surface area contributed by atoms with Crippen molar-refractivity contribution >= 4 is 50.2 Å². The molecular formula is C36H46N8O8S. The average molecular weight is 751 g/mol. The number of hydrogen-bond donors (Lipinski definition) is 4. The molecule has 4 amide bonds. The van der Waals surface area contributed by atoms with Crippen LogP contribution in [0.2, 0.25) is 0 Å². The molecule has 0 unspecified atom stereocenters. The summed E-state index contributed by atoms with van der Waals surface area (Å²) in [7, 11) is -3.53. The third-order valence-electron chi connectivity index (χ3n) is 10.9. The van der Waals surface area contributed by atoms with E-state index < -0.39 is 80.0 Å². The van der Waals surface area contributed by atoms with E-state index in [0.717, 1.165) is 37.5 Å². The molecule has 3 fully saturated rings. The molecule has 53 heavy (non-hydrogen) atoms. The Morgan fingerprint density at radius 2 is 1.75 bits per heavy atom. The lowest BCUT2D eigenvalue weighted by Gasteiger charge is -2.37. The van der Waals surface area contributed by atoms with Crippen molar-refractivity contribution in [1.29, 1.82) is 0 Å². The number of sulfone groups is 1. The molecule has 0 spiro atoms. The summed E-state index contributed by atoms with van der Waals surface area (Å²) in [5.74, 6) is -5.05. The van der Waals surface area contributed by atoms with Crippen LogP contribution in [0.5, 0.6) is 0 Å². The summed E-state index contributed by atoms with van der Waals surface area (Å²) >= 11 is 0. The maximum absolute atomic E-state index is 14.8. The fraction of sp³-hybridized carbons (Fsp3) is 0.556. The van der Waals surface area contributed by atoms with Crippen molar-refractivity contribution in [3.8, 4) is 0 Å². The number of nitrogens with two attached hydrogens (primary N) is 1. The number of nitrogens with one attached hydrogen (secondary N) is 2. The second kappa shape index (κ2) is 14.9. The van der Waals surface area contributed by atoms with E-state index in [0.29, 0.717) is 17.6 Å². The predicted octanol–water partition coefficient (Wildman–Crippen LogP) is 1.08. The number of pyridine rings is 1. The third kappa shape index (κ3) is 8.25. The van der Waals surface area contributed by atoms with Crippen LogP contribution < -0.4 is 16.4 Å². The second-order valence-corrected chi connectivity index (χ2v) is 17.4. The Kier molecular flexibility index (Phi) is 10.7. The van der Waals surface area contributed by atoms with Gasteiger partial charge in [-0.25, -0.2) is 13.1 Å². The SMILES string of the molecule is CC(C)(O)c1cnnn1[C@H]1C[C@@H](C(=O)NC2(C(=O)C(N)=O)CCS(=O)(=O)CC2)N(C(=O)[C@@H](CC2CCCCC2)NC(=O)c2cnc3ccccc3c2)C1. The van der Waals surface area contributed by atoms with Crippen molar-refractivity contribution in [1.82, 2.24) is 35.5 Å². The number of benzene rings is 1. The number of carbonyl (C=O) groups excluding carboxylic acids is 5. The maximum Gasteiger partial charge on any atom is 0.287 e. The normalized spacial score (nSPS) is 22.2. The number of aromatic nitrogens is 4. The first-order valence-corrected chi connectivity index (χ1v) is 19.8. The van der Waals surface area contributed by atoms with Crippen molar-refractivity contribution in [2.24, 2.45) is 11.7 Å². The van der Waals surface area contributed by atoms with E-state index >= 15 is 0 Å². The highest BCUT2D eigenvalue weighted by molar-refractivity contribution is 7.91. The van der Waals surface area contributed by atoms with E-state index in [1.54, 1.807) is 19.9 Å². The second-order valence-electron chi connectivity index (χ2n) is 15.1. The summed E-state index contributed by atoms with van der Waals surface area (Å²) < 4.78 is 26.1. The Balaban J connectivity index is 1.34. The number of Topliss-reactive ketones (excluding diaryl/α,β-unsaturated/α-hetero) is 1. The molecule has 3 aromatic rings. The number of likely N-dealkylation sites (tertiary alicyclic amines) is 1. The zero-order valence-electron chi connectivity index (χ0n) is 29.9. The Morgan fingerprint density at radius 1 is 1.06 bits per heavy atom. The number of aliphatic hydroxyl groups is 1. The summed E-state index contributed by atoms with van der Waals surface area (Å²) in [6.45, 7) is 3.04. The van der Waals surface area contributed by atoms with Crippen LogP contribution >= 0.6 is 0 Å². The third-order valence-corrected chi connectivity index (χ3v) is 12.5. The van der Waals surface area contributed by atoms with Gasteiger partial charge in [-0.1, -0.05) is 55.5 Å². The van der Waals surface area contributed by atoms with Gasteiger partial charge >= 0.3 is 0 Å². The number of para-hydroxylation sites is 1. The zero-order valence-corrected chi connectivity index (χ0v) is 30.7. The van der Waals surface area contributed by atoms with Gasteiger partial charge in [-0.3, -0.25) is 29.0 Å². The van der Waals surface area contributed by atoms with Crippen LogP contribution in [0.15, 0.2) is 42.7 Å². The molecule has 1 aromatic carbocycles. The van der Waals surface area contributed by atoms with Gasteiger partial charge in [-0.2, -0.15) is 0 Å². The van der Waals surface area contributed by atoms with Crippen LogP contribution in [0.3, 0.4) is 0 Å². The molecule has 0 bridgehead atoms. The largest absolute Gasteiger partial charge is 0.384 e. The number of hydrogen-bond acceptors (Lipinski definition) is 11. The number of fused-ring (bicyclic) bond motifs is 1. The first kappa shape index (κ1) is 38.0. The van der Waals surface area contributed by atoms with E-state index in [-0.39, 0.29) is 37.3 Å². The first-order chi connectivity index (χ1) is 25.1. The van der Waals surface area contributed by atoms with Crippen molar-refractivity contribution in [3.63, 3.8) is 0 Å². The van der Waals surface area contributed by atoms with Gasteiger partial charge in [0.25, 0.3) is 11.8 Å². The van der Waals surface area contributed by atoms with Crippen molar-refractivity contribution in [2.45, 2.75) is 101 Å². The van der Waals surface area contributed by atoms with Gasteiger partial charge in [0.1, 0.15) is 23.2 Å². The first-order valence-electron chi connectivity index (χ1n) is 18.0. The molecule has 3 atom stereocenters. The van der Waals surface area contributed by atoms with E-state index in [9.17, 15) is 37.5 Å². The molecule has 284 valence electrons. The minimum Gasteiger partial charge on any atom is -0.384 e. The average Bonchev–Trinajstić information content (AvgIpc) is 3.81. The molecule has 1 aliphatic carbocycles. The highest BCUT2D eigenvalue weighted by Gasteiger charge is 2.50. The quantitative estimate of drug-likeness (QED) is 0.202. The van der Waals surface area contributed by atoms with Crippen molar-refractivity contribution in [3.05, 3.63) is 54.0 Å². The highest BCUT2D eigenvalue weighted by Crippen LogP contribution is 2.35. The van der Waals surface area contributed by atoms with E-state index in [4.69, 9.17) is 5.73 Å². The molecule has 5 N–H and O–H groups in total. The topological polar surface area (TPSA) is 237 Å². The van der Waals surface area contributed by atoms with Gasteiger partial charge in [-0.15, -0.1) is 5.10 Å². The van der Waals surface area contributed by atoms with Crippen LogP contribution in [0.4, 0.5) is 0 Å². The van der Waals surface area contributed by atoms with E-state index in [1.807, 2.05) is 24.3 Å². The number of amides is 4. The predicted molar refractivity (Wildman–Crippen MR) is 192 cm³/mol. The Bertz CT molecular complexity index is 2010. The Morgan fingerprint density at radius 3 is 2.43 bits per heavy atom. The molecule has 2 aromatic heterocycles. The van der Waals surface area contributed by atoms with Gasteiger partial charge in [0.05, 0.1) is 40.5 Å². The van der Waals surface area contributed by atoms with Gasteiger partial charge in [-0.05, 0) is 51.2 Å². The highest BCUT2D eigenvalue weighted by atomic mass is 32.2. The van der Waals surface area contributed by atoms with Gasteiger partial charge in [0.2, 0.25) is 17.6 Å². The Hall–Kier alpha value is -4.77. The molecule has 2 saturated heterocycles. The molecule has 16 nitrogen and oxygen atoms in total. The van der Waals surface area contributed by atoms with Crippen LogP contribution in [-0.4, -0.2) is 103 Å². The molecule has 17 heteroatoms. The number of ketones is 1. The van der Waals surface area contributed by atoms with Gasteiger partial charge < -0.3 is 26.4 Å². The smallest absolute Gasteiger partial charge is 0.287 e. The monoisotopic (exact) mass is 750 g/mol. The lowest BCUT2D eigenvalue weighted by atomic mass is 9.84. The zero-order chi connectivity index (χ0) is 38.1. The van der Waals surface area contributed by atoms with Gasteiger partial charge in [0.15, 0.2) is 9.84 Å². The lowest BCUT2D eigenvalue weighted by Crippen LogP contribution is -2.64. The summed E-state index contributed by atoms with van der Waals surface area (Å²) in [6, 6.07) is 6.09. The summed E-state index contributed by atoms with van der Waals surface area (Å²) in [6.07, 6.45) is 7.22. The molecular weight excluding hydrogens is 705 g/mol. The number of nitrogens with zero attached hydrogens (tertiary/aromatic N) is 5. The van der Waals surface area contributed by atoms with Crippen LogP contribution in [0, 0.1) is 5.92 Å². The standard InChI is InChI=1S/C36H46N8O8S/c1-35(2,50)29-20-39-42-44(29)25-18-28(33(48)41-36(30(45)31(37)46)12-14-53(51,52)15-13-36)43(21-25)34(49)27(16-22-8-4-3-5-9-22)40-32(47)24-17-23-10-6-7-11-26(23)38-19-24/h6-7,10-11,17,19-20,22,25,27-28,50H,3-5,8-9,12-16,18,21H2,1-2H3,(H2,37,46)(H,40,47)(H,41,48)/t25-,27+,28-/m0/s1. The molecule has 6 rings (SSSR count). The number of primary amides is 1. The van der Waals surface area contributed by atoms with Crippen LogP contribution in [0.25, 0.3) is 10.9 Å². The number of rotatable bonds is 11. The number of carbonyl (C=O) groups is 5. The van der Waals surface area contributed by atoms with Crippen molar-refractivity contribution in [2.75, 3.05) is 18.1 Å². The van der Waals surface area contributed by atoms with Gasteiger partial charge in [0, 0.05) is 24.5 Å². The lowest BCUT2D eigenvalue weighted by molar-refractivity contribution is -0.145. The van der Waals surface area contributed by atoms with Crippen LogP contribution in [-0.2, 0) is 34.6 Å². The molecule has 4 heterocycles. The molecule has 3 aliphatic rings. The fourth-order valence-electron chi connectivity index (χ4n) is 7.90. The summed E-state index contributed by atoms with van der Waals surface area (Å²) in [5.41, 5.74) is 3.42. The fourth-order valence-corrected chi connectivity index (χ4v) is 9.42. The Labute approximate surface area is 307 Å².